The molecule has 0 heterocycles. The van der Waals surface area contributed by atoms with E-state index in [0.29, 0.717) is 19.3 Å². The molecule has 0 amide bonds. The van der Waals surface area contributed by atoms with Crippen molar-refractivity contribution in [3.8, 4) is 0 Å². The third-order valence-electron chi connectivity index (χ3n) is 10.1. The van der Waals surface area contributed by atoms with Gasteiger partial charge in [-0.15, -0.1) is 0 Å². The van der Waals surface area contributed by atoms with Gasteiger partial charge < -0.3 is 14.2 Å². The standard InChI is InChI=1S/C60H92O6/c1-4-7-10-13-16-19-22-25-28-31-34-37-40-43-46-49-52-58(61)64-55-57(66-60(63)54-51-48-45-42-39-36-33-30-27-24-21-18-15-12-9-6-3)56-65-59(62)53-50-47-44-41-38-35-32-29-26-23-20-17-14-11-8-5-2/h7-12,16-21,25-30,34-39,57H,4-6,13-15,22-24,31-33,40-56H2,1-3H3/b10-7-,11-8-,12-9-,19-16-,20-17-,21-18-,28-25-,29-26-,30-27-,37-34-,38-35-,39-36-. The molecule has 0 unspecified atom stereocenters. The molecule has 0 rings (SSSR count). The van der Waals surface area contributed by atoms with Crippen LogP contribution in [-0.4, -0.2) is 37.2 Å². The molecular weight excluding hydrogens is 817 g/mol. The van der Waals surface area contributed by atoms with Gasteiger partial charge in [-0.1, -0.05) is 186 Å². The summed E-state index contributed by atoms with van der Waals surface area (Å²) in [6.07, 6.45) is 75.4. The molecule has 0 bridgehead atoms. The van der Waals surface area contributed by atoms with E-state index < -0.39 is 6.10 Å². The average Bonchev–Trinajstić information content (AvgIpc) is 3.31. The molecule has 0 spiro atoms. The summed E-state index contributed by atoms with van der Waals surface area (Å²) in [6, 6.07) is 0. The first-order valence-corrected chi connectivity index (χ1v) is 25.8. The lowest BCUT2D eigenvalue weighted by Gasteiger charge is -2.18. The predicted molar refractivity (Wildman–Crippen MR) is 283 cm³/mol. The first-order chi connectivity index (χ1) is 32.5. The van der Waals surface area contributed by atoms with Crippen LogP contribution in [0.4, 0.5) is 0 Å². The van der Waals surface area contributed by atoms with Crippen molar-refractivity contribution in [1.82, 2.24) is 0 Å². The summed E-state index contributed by atoms with van der Waals surface area (Å²) in [5.41, 5.74) is 0. The Hall–Kier alpha value is -4.71. The SMILES string of the molecule is CC/C=C\C/C=C\C/C=C\C/C=C\CCCCCC(=O)OCC(COC(=O)CCCCC/C=C\C/C=C\C/C=C\C/C=C\CC)OC(=O)CCCCC/C=C\C/C=C\C/C=C\C/C=C\CC. The van der Waals surface area contributed by atoms with Gasteiger partial charge in [0.05, 0.1) is 0 Å². The lowest BCUT2D eigenvalue weighted by molar-refractivity contribution is -0.167. The van der Waals surface area contributed by atoms with Gasteiger partial charge in [0.15, 0.2) is 6.10 Å². The third-order valence-corrected chi connectivity index (χ3v) is 10.1. The highest BCUT2D eigenvalue weighted by atomic mass is 16.6. The minimum atomic E-state index is -0.828. The highest BCUT2D eigenvalue weighted by molar-refractivity contribution is 5.71. The molecular formula is C60H92O6. The van der Waals surface area contributed by atoms with Crippen molar-refractivity contribution in [2.75, 3.05) is 13.2 Å². The molecule has 66 heavy (non-hydrogen) atoms. The molecule has 0 aliphatic rings. The molecule has 0 aliphatic carbocycles. The van der Waals surface area contributed by atoms with Gasteiger partial charge in [-0.2, -0.15) is 0 Å². The molecule has 0 aromatic rings. The zero-order chi connectivity index (χ0) is 47.9. The third kappa shape index (κ3) is 50.3. The molecule has 0 aromatic carbocycles. The van der Waals surface area contributed by atoms with Crippen LogP contribution in [0.25, 0.3) is 0 Å². The van der Waals surface area contributed by atoms with E-state index >= 15 is 0 Å². The van der Waals surface area contributed by atoms with Crippen molar-refractivity contribution in [2.24, 2.45) is 0 Å². The van der Waals surface area contributed by atoms with Crippen molar-refractivity contribution >= 4 is 17.9 Å². The maximum absolute atomic E-state index is 12.8. The Morgan fingerprint density at radius 2 is 0.545 bits per heavy atom. The minimum Gasteiger partial charge on any atom is -0.462 e. The van der Waals surface area contributed by atoms with Gasteiger partial charge in [0, 0.05) is 19.3 Å². The van der Waals surface area contributed by atoms with Gasteiger partial charge in [-0.25, -0.2) is 0 Å². The van der Waals surface area contributed by atoms with Crippen molar-refractivity contribution in [3.63, 3.8) is 0 Å². The van der Waals surface area contributed by atoms with E-state index in [1.165, 1.54) is 0 Å². The quantitative estimate of drug-likeness (QED) is 0.0262. The molecule has 6 heteroatoms. The number of carbonyl (C=O) groups is 3. The average molecular weight is 909 g/mol. The van der Waals surface area contributed by atoms with Gasteiger partial charge in [0.2, 0.25) is 0 Å². The summed E-state index contributed by atoms with van der Waals surface area (Å²) in [7, 11) is 0. The second-order valence-corrected chi connectivity index (χ2v) is 16.3. The van der Waals surface area contributed by atoms with Crippen molar-refractivity contribution in [2.45, 2.75) is 200 Å². The van der Waals surface area contributed by atoms with Crippen LogP contribution in [0.2, 0.25) is 0 Å². The largest absolute Gasteiger partial charge is 0.462 e. The number of carbonyl (C=O) groups excluding carboxylic acids is 3. The highest BCUT2D eigenvalue weighted by Crippen LogP contribution is 2.11. The predicted octanol–water partition coefficient (Wildman–Crippen LogP) is 17.3. The van der Waals surface area contributed by atoms with E-state index in [0.717, 1.165) is 148 Å². The number of esters is 3. The first kappa shape index (κ1) is 61.3. The zero-order valence-corrected chi connectivity index (χ0v) is 41.9. The number of ether oxygens (including phenoxy) is 3. The van der Waals surface area contributed by atoms with Crippen LogP contribution in [0.15, 0.2) is 146 Å². The summed E-state index contributed by atoms with van der Waals surface area (Å²) in [5, 5.41) is 0. The van der Waals surface area contributed by atoms with Crippen LogP contribution >= 0.6 is 0 Å². The summed E-state index contributed by atoms with van der Waals surface area (Å²) in [6.45, 7) is 6.19. The fourth-order valence-corrected chi connectivity index (χ4v) is 6.29. The maximum atomic E-state index is 12.8. The lowest BCUT2D eigenvalue weighted by Crippen LogP contribution is -2.30. The Morgan fingerprint density at radius 1 is 0.303 bits per heavy atom. The maximum Gasteiger partial charge on any atom is 0.306 e. The fraction of sp³-hybridized carbons (Fsp3) is 0.550. The van der Waals surface area contributed by atoms with Gasteiger partial charge in [0.25, 0.3) is 0 Å². The van der Waals surface area contributed by atoms with Crippen LogP contribution in [0, 0.1) is 0 Å². The van der Waals surface area contributed by atoms with E-state index in [1.54, 1.807) is 0 Å². The molecule has 0 aromatic heterocycles. The van der Waals surface area contributed by atoms with Crippen molar-refractivity contribution in [1.29, 1.82) is 0 Å². The molecule has 0 fully saturated rings. The molecule has 6 nitrogen and oxygen atoms in total. The Balaban J connectivity index is 4.59. The Labute approximate surface area is 404 Å². The van der Waals surface area contributed by atoms with E-state index in [1.807, 2.05) is 0 Å². The molecule has 0 atom stereocenters. The molecule has 368 valence electrons. The van der Waals surface area contributed by atoms with Crippen LogP contribution in [0.5, 0.6) is 0 Å². The zero-order valence-electron chi connectivity index (χ0n) is 41.9. The molecule has 0 radical (unpaired) electrons. The van der Waals surface area contributed by atoms with Gasteiger partial charge in [-0.3, -0.25) is 14.4 Å². The summed E-state index contributed by atoms with van der Waals surface area (Å²) < 4.78 is 16.7. The van der Waals surface area contributed by atoms with Gasteiger partial charge in [0.1, 0.15) is 13.2 Å². The molecule has 0 aliphatic heterocycles. The molecule has 0 saturated carbocycles. The summed E-state index contributed by atoms with van der Waals surface area (Å²) in [5.74, 6) is -1.03. The number of rotatable bonds is 44. The summed E-state index contributed by atoms with van der Waals surface area (Å²) in [4.78, 5) is 38.0. The fourth-order valence-electron chi connectivity index (χ4n) is 6.29. The monoisotopic (exact) mass is 909 g/mol. The minimum absolute atomic E-state index is 0.124. The summed E-state index contributed by atoms with van der Waals surface area (Å²) >= 11 is 0. The van der Waals surface area contributed by atoms with E-state index in [9.17, 15) is 14.4 Å². The van der Waals surface area contributed by atoms with E-state index in [4.69, 9.17) is 14.2 Å². The first-order valence-electron chi connectivity index (χ1n) is 25.8. The van der Waals surface area contributed by atoms with E-state index in [2.05, 4.69) is 167 Å². The number of unbranched alkanes of at least 4 members (excludes halogenated alkanes) is 9. The number of hydrogen-bond acceptors (Lipinski definition) is 6. The van der Waals surface area contributed by atoms with Crippen LogP contribution in [0.1, 0.15) is 194 Å². The number of hydrogen-bond donors (Lipinski definition) is 0. The van der Waals surface area contributed by atoms with Crippen LogP contribution in [0.3, 0.4) is 0 Å². The molecule has 0 N–H and O–H groups in total. The number of allylic oxidation sites excluding steroid dienone is 24. The second-order valence-electron chi connectivity index (χ2n) is 16.3. The van der Waals surface area contributed by atoms with Crippen molar-refractivity contribution < 1.29 is 28.6 Å². The van der Waals surface area contributed by atoms with Crippen LogP contribution in [-0.2, 0) is 28.6 Å². The van der Waals surface area contributed by atoms with Crippen LogP contribution < -0.4 is 0 Å². The topological polar surface area (TPSA) is 78.9 Å². The van der Waals surface area contributed by atoms with Crippen molar-refractivity contribution in [3.05, 3.63) is 146 Å². The lowest BCUT2D eigenvalue weighted by atomic mass is 10.1. The normalized spacial score (nSPS) is 12.9. The van der Waals surface area contributed by atoms with E-state index in [-0.39, 0.29) is 37.5 Å². The second kappa shape index (κ2) is 52.9. The Morgan fingerprint density at radius 3 is 0.818 bits per heavy atom. The van der Waals surface area contributed by atoms with Gasteiger partial charge >= 0.3 is 17.9 Å². The Bertz CT molecular complexity index is 1430. The van der Waals surface area contributed by atoms with Gasteiger partial charge in [-0.05, 0) is 135 Å². The Kier molecular flexibility index (Phi) is 49.1. The molecule has 0 saturated heterocycles. The highest BCUT2D eigenvalue weighted by Gasteiger charge is 2.19. The smallest absolute Gasteiger partial charge is 0.306 e.